The fraction of sp³-hybridized carbons (Fsp3) is 0. The highest BCUT2D eigenvalue weighted by molar-refractivity contribution is 7.27. The second-order valence-corrected chi connectivity index (χ2v) is 34.3. The number of pyridine rings is 2. The van der Waals surface area contributed by atoms with E-state index >= 15 is 0 Å². The van der Waals surface area contributed by atoms with Crippen molar-refractivity contribution in [2.24, 2.45) is 0 Å². The lowest BCUT2D eigenvalue weighted by Crippen LogP contribution is -1.98. The molecular weight excluding hydrogens is 1570 g/mol. The molecule has 26 aromatic rings. The Bertz CT molecular complexity index is 8200. The van der Waals surface area contributed by atoms with Crippen molar-refractivity contribution in [2.45, 2.75) is 0 Å². The summed E-state index contributed by atoms with van der Waals surface area (Å²) in [5.74, 6) is 2.35. The first-order valence-corrected chi connectivity index (χ1v) is 44.0. The predicted octanol–water partition coefficient (Wildman–Crippen LogP) is 30.6. The fourth-order valence-corrected chi connectivity index (χ4v) is 21.9. The van der Waals surface area contributed by atoms with Gasteiger partial charge in [0.1, 0.15) is 5.82 Å². The van der Waals surface area contributed by atoms with Gasteiger partial charge in [0, 0.05) is 155 Å². The van der Waals surface area contributed by atoms with Gasteiger partial charge in [-0.25, -0.2) is 24.9 Å². The average molecular weight is 1640 g/mol. The Morgan fingerprint density at radius 3 is 0.976 bits per heavy atom. The number of nitrogens with zero attached hydrogens (tertiary/aromatic N) is 9. The Balaban J connectivity index is 0.000000105. The average Bonchev–Trinajstić information content (AvgIpc) is 1.54. The van der Waals surface area contributed by atoms with Gasteiger partial charge in [-0.2, -0.15) is 0 Å². The second kappa shape index (κ2) is 30.2. The lowest BCUT2D eigenvalue weighted by atomic mass is 10.1. The van der Waals surface area contributed by atoms with E-state index in [9.17, 15) is 0 Å². The molecule has 580 valence electrons. The number of hydrogen-bond acceptors (Lipinski definition) is 9. The third-order valence-electron chi connectivity index (χ3n) is 23.9. The van der Waals surface area contributed by atoms with Crippen LogP contribution in [0.3, 0.4) is 0 Å². The van der Waals surface area contributed by atoms with Crippen LogP contribution in [0.5, 0.6) is 0 Å². The van der Waals surface area contributed by atoms with Gasteiger partial charge < -0.3 is 9.13 Å². The molecule has 0 spiro atoms. The highest BCUT2D eigenvalue weighted by Gasteiger charge is 2.24. The first kappa shape index (κ1) is 72.3. The van der Waals surface area contributed by atoms with Gasteiger partial charge in [0.15, 0.2) is 11.6 Å². The molecular formula is C112H69N9S3. The van der Waals surface area contributed by atoms with Gasteiger partial charge in [-0.05, 0) is 127 Å². The molecule has 16 aromatic carbocycles. The second-order valence-electron chi connectivity index (χ2n) is 31.1. The van der Waals surface area contributed by atoms with Gasteiger partial charge >= 0.3 is 0 Å². The topological polar surface area (TPSA) is 92.1 Å². The van der Waals surface area contributed by atoms with E-state index < -0.39 is 0 Å². The van der Waals surface area contributed by atoms with Gasteiger partial charge in [0.2, 0.25) is 0 Å². The van der Waals surface area contributed by atoms with Crippen LogP contribution in [0.15, 0.2) is 419 Å². The molecule has 0 unspecified atom stereocenters. The van der Waals surface area contributed by atoms with Crippen LogP contribution in [0, 0.1) is 0 Å². The van der Waals surface area contributed by atoms with Crippen LogP contribution in [0.2, 0.25) is 0 Å². The molecule has 0 saturated heterocycles. The number of para-hydroxylation sites is 4. The molecule has 0 aliphatic carbocycles. The first-order chi connectivity index (χ1) is 61.5. The molecule has 0 aliphatic heterocycles. The summed E-state index contributed by atoms with van der Waals surface area (Å²) in [6, 6.07) is 145. The molecule has 0 aliphatic rings. The van der Waals surface area contributed by atoms with E-state index in [-0.39, 0.29) is 0 Å². The molecule has 0 N–H and O–H groups in total. The number of rotatable bonds is 10. The van der Waals surface area contributed by atoms with Crippen molar-refractivity contribution < 1.29 is 0 Å². The zero-order chi connectivity index (χ0) is 81.7. The van der Waals surface area contributed by atoms with E-state index in [1.807, 2.05) is 131 Å². The predicted molar refractivity (Wildman–Crippen MR) is 523 cm³/mol. The lowest BCUT2D eigenvalue weighted by molar-refractivity contribution is 1.08. The van der Waals surface area contributed by atoms with Crippen LogP contribution in [-0.4, -0.2) is 43.6 Å². The van der Waals surface area contributed by atoms with E-state index in [1.165, 1.54) is 126 Å². The maximum Gasteiger partial charge on any atom is 0.160 e. The minimum atomic E-state index is 0.714. The van der Waals surface area contributed by atoms with E-state index in [4.69, 9.17) is 24.9 Å². The monoisotopic (exact) mass is 1640 g/mol. The number of hydrogen-bond donors (Lipinski definition) is 0. The molecule has 0 radical (unpaired) electrons. The van der Waals surface area contributed by atoms with Crippen molar-refractivity contribution >= 4 is 171 Å². The maximum absolute atomic E-state index is 5.14. The quantitative estimate of drug-likeness (QED) is 0.135. The third-order valence-corrected chi connectivity index (χ3v) is 27.5. The minimum Gasteiger partial charge on any atom is -0.309 e. The van der Waals surface area contributed by atoms with Crippen molar-refractivity contribution in [3.8, 4) is 96.3 Å². The maximum atomic E-state index is 5.14. The Morgan fingerprint density at radius 2 is 0.540 bits per heavy atom. The summed E-state index contributed by atoms with van der Waals surface area (Å²) < 4.78 is 15.1. The van der Waals surface area contributed by atoms with Crippen LogP contribution < -0.4 is 0 Å². The van der Waals surface area contributed by atoms with Crippen LogP contribution >= 0.6 is 34.0 Å². The summed E-state index contributed by atoms with van der Waals surface area (Å²) in [5.41, 5.74) is 22.2. The zero-order valence-electron chi connectivity index (χ0n) is 66.6. The van der Waals surface area contributed by atoms with Crippen LogP contribution in [0.4, 0.5) is 0 Å². The number of fused-ring (bicyclic) bond motifs is 22. The fourth-order valence-electron chi connectivity index (χ4n) is 18.1. The van der Waals surface area contributed by atoms with E-state index in [2.05, 4.69) is 340 Å². The summed E-state index contributed by atoms with van der Waals surface area (Å²) >= 11 is 5.64. The molecule has 9 nitrogen and oxygen atoms in total. The SMILES string of the molecule is c1cc(-c2cnc3ccccc3c2)nc(-n2c3ccccc3c3c4sc5ccccc5c4ccc32)c1.c1ccc(-c2cc(-c3ccc(-n4c5ccccc5c5c6sc7ccccc7c6ccc54)cc3)nc(-c3ccccc3)n2)cc1.c1ccc(-c2cc(-c3ccccc3)nc(-c3ccc(-n4c5ccccc5c5c6sc7ccccc7c6ccc54)cc3)n2)cc1. The number of benzene rings is 16. The van der Waals surface area contributed by atoms with Crippen molar-refractivity contribution in [3.63, 3.8) is 0 Å². The van der Waals surface area contributed by atoms with Crippen molar-refractivity contribution in [3.05, 3.63) is 419 Å². The zero-order valence-corrected chi connectivity index (χ0v) is 69.0. The van der Waals surface area contributed by atoms with Gasteiger partial charge in [0.05, 0.1) is 67.1 Å². The summed E-state index contributed by atoms with van der Waals surface area (Å²) in [7, 11) is 0. The third kappa shape index (κ3) is 12.5. The highest BCUT2D eigenvalue weighted by Crippen LogP contribution is 2.48. The van der Waals surface area contributed by atoms with Crippen LogP contribution in [0.25, 0.3) is 233 Å². The van der Waals surface area contributed by atoms with E-state index in [1.54, 1.807) is 0 Å². The van der Waals surface area contributed by atoms with Crippen LogP contribution in [0.1, 0.15) is 0 Å². The number of thiophene rings is 3. The van der Waals surface area contributed by atoms with Gasteiger partial charge in [0.25, 0.3) is 0 Å². The molecule has 0 saturated carbocycles. The molecule has 0 fully saturated rings. The van der Waals surface area contributed by atoms with E-state index in [0.717, 1.165) is 101 Å². The largest absolute Gasteiger partial charge is 0.309 e. The Kier molecular flexibility index (Phi) is 17.6. The smallest absolute Gasteiger partial charge is 0.160 e. The molecule has 26 rings (SSSR count). The summed E-state index contributed by atoms with van der Waals surface area (Å²) in [4.78, 5) is 29.8. The Morgan fingerprint density at radius 1 is 0.202 bits per heavy atom. The number of aromatic nitrogens is 9. The first-order valence-electron chi connectivity index (χ1n) is 41.5. The van der Waals surface area contributed by atoms with Gasteiger partial charge in [-0.15, -0.1) is 34.0 Å². The highest BCUT2D eigenvalue weighted by atomic mass is 32.1. The Labute approximate surface area is 723 Å². The molecule has 12 heteroatoms. The molecule has 0 atom stereocenters. The minimum absolute atomic E-state index is 0.714. The molecule has 124 heavy (non-hydrogen) atoms. The van der Waals surface area contributed by atoms with Crippen molar-refractivity contribution in [2.75, 3.05) is 0 Å². The summed E-state index contributed by atoms with van der Waals surface area (Å²) in [6.45, 7) is 0. The van der Waals surface area contributed by atoms with E-state index in [0.29, 0.717) is 5.82 Å². The molecule has 0 amide bonds. The van der Waals surface area contributed by atoms with Crippen molar-refractivity contribution in [1.82, 2.24) is 43.6 Å². The lowest BCUT2D eigenvalue weighted by Gasteiger charge is -2.11. The Hall–Kier alpha value is -15.7. The van der Waals surface area contributed by atoms with Crippen molar-refractivity contribution in [1.29, 1.82) is 0 Å². The summed E-state index contributed by atoms with van der Waals surface area (Å²) in [6.07, 6.45) is 1.92. The normalized spacial score (nSPS) is 11.7. The van der Waals surface area contributed by atoms with Crippen LogP contribution in [-0.2, 0) is 0 Å². The van der Waals surface area contributed by atoms with Gasteiger partial charge in [-0.3, -0.25) is 9.55 Å². The van der Waals surface area contributed by atoms with Gasteiger partial charge in [-0.1, -0.05) is 285 Å². The standard InChI is InChI=1S/2C40H25N3S.C32H19N3S/c1-3-11-26(12-4-1)33-25-34(42-40(41-33)28-13-5-2-6-14-28)27-19-21-29(22-20-27)43-35-17-9-7-16-32(35)38-36(43)24-23-31-30-15-8-10-18-37(30)44-39(31)38;1-3-11-26(12-4-1)33-25-34(27-13-5-2-6-14-27)42-40(41-33)28-19-21-29(22-20-28)43-35-17-9-7-16-32(35)38-36(43)24-23-31-30-15-8-10-18-37(30)44-39(31)38;1-4-11-25-20(8-1)18-21(19-33-25)26-12-7-15-30(34-26)35-27-13-5-2-10-24(27)31-28(35)17-16-23-22-9-3-6-14-29(22)36-32(23)31/h2*1-25H;1-19H. The molecule has 10 aromatic heterocycles. The summed E-state index contributed by atoms with van der Waals surface area (Å²) in [5, 5.41) is 16.8. The molecule has 10 heterocycles. The molecule has 0 bridgehead atoms.